The van der Waals surface area contributed by atoms with Crippen LogP contribution in [0.1, 0.15) is 65.7 Å². The Morgan fingerprint density at radius 2 is 1.75 bits per heavy atom. The molecular weight excluding hydrogens is 252 g/mol. The van der Waals surface area contributed by atoms with E-state index in [0.717, 1.165) is 25.3 Å². The second-order valence-electron chi connectivity index (χ2n) is 7.42. The smallest absolute Gasteiger partial charge is 0.407 e. The zero-order valence-corrected chi connectivity index (χ0v) is 13.2. The summed E-state index contributed by atoms with van der Waals surface area (Å²) in [4.78, 5) is 11.6. The van der Waals surface area contributed by atoms with E-state index in [9.17, 15) is 4.79 Å². The molecule has 0 heterocycles. The third-order valence-electron chi connectivity index (χ3n) is 4.28. The molecule has 0 saturated heterocycles. The van der Waals surface area contributed by atoms with E-state index in [0.29, 0.717) is 6.04 Å². The Labute approximate surface area is 123 Å². The molecular formula is C16H30N2O2. The molecule has 2 aliphatic carbocycles. The second kappa shape index (κ2) is 6.79. The van der Waals surface area contributed by atoms with Crippen molar-refractivity contribution in [2.45, 2.75) is 83.4 Å². The molecule has 2 rings (SSSR count). The lowest BCUT2D eigenvalue weighted by molar-refractivity contribution is 0.0464. The molecule has 20 heavy (non-hydrogen) atoms. The van der Waals surface area contributed by atoms with Gasteiger partial charge in [-0.3, -0.25) is 0 Å². The first-order valence-electron chi connectivity index (χ1n) is 8.15. The molecule has 2 fully saturated rings. The summed E-state index contributed by atoms with van der Waals surface area (Å²) in [6, 6.07) is 0.866. The average molecular weight is 282 g/mol. The quantitative estimate of drug-likeness (QED) is 0.832. The molecule has 0 aromatic rings. The third kappa shape index (κ3) is 5.31. The first kappa shape index (κ1) is 15.6. The van der Waals surface area contributed by atoms with Crippen LogP contribution in [0.5, 0.6) is 0 Å². The van der Waals surface area contributed by atoms with Crippen LogP contribution in [-0.4, -0.2) is 30.3 Å². The van der Waals surface area contributed by atoms with Crippen molar-refractivity contribution in [3.63, 3.8) is 0 Å². The summed E-state index contributed by atoms with van der Waals surface area (Å²) >= 11 is 0. The maximum absolute atomic E-state index is 11.6. The van der Waals surface area contributed by atoms with Gasteiger partial charge in [-0.05, 0) is 58.9 Å². The number of alkyl carbamates (subject to hydrolysis) is 1. The van der Waals surface area contributed by atoms with E-state index in [1.54, 1.807) is 0 Å². The standard InChI is InChI=1S/C16H30N2O2/c1-16(2,3)20-15(19)18-14-9-13(10-14)17-11-12-7-5-4-6-8-12/h12-14,17H,4-11H2,1-3H3,(H,18,19). The Balaban J connectivity index is 1.54. The number of nitrogens with one attached hydrogen (secondary N) is 2. The number of hydrogen-bond acceptors (Lipinski definition) is 3. The minimum Gasteiger partial charge on any atom is -0.444 e. The van der Waals surface area contributed by atoms with Crippen molar-refractivity contribution in [3.8, 4) is 0 Å². The van der Waals surface area contributed by atoms with Gasteiger partial charge in [0.1, 0.15) is 5.60 Å². The summed E-state index contributed by atoms with van der Waals surface area (Å²) in [7, 11) is 0. The normalized spacial score (nSPS) is 27.8. The molecule has 0 spiro atoms. The highest BCUT2D eigenvalue weighted by atomic mass is 16.6. The molecule has 4 heteroatoms. The van der Waals surface area contributed by atoms with Gasteiger partial charge in [-0.1, -0.05) is 19.3 Å². The molecule has 0 atom stereocenters. The van der Waals surface area contributed by atoms with E-state index in [-0.39, 0.29) is 12.1 Å². The third-order valence-corrected chi connectivity index (χ3v) is 4.28. The van der Waals surface area contributed by atoms with Gasteiger partial charge in [0.15, 0.2) is 0 Å². The van der Waals surface area contributed by atoms with Gasteiger partial charge in [0.05, 0.1) is 0 Å². The van der Waals surface area contributed by atoms with E-state index in [2.05, 4.69) is 10.6 Å². The summed E-state index contributed by atoms with van der Waals surface area (Å²) in [5.41, 5.74) is -0.410. The number of ether oxygens (including phenoxy) is 1. The Morgan fingerprint density at radius 1 is 1.10 bits per heavy atom. The number of rotatable bonds is 4. The predicted molar refractivity (Wildman–Crippen MR) is 80.8 cm³/mol. The molecule has 2 N–H and O–H groups in total. The number of carbonyl (C=O) groups excluding carboxylic acids is 1. The Kier molecular flexibility index (Phi) is 5.30. The summed E-state index contributed by atoms with van der Waals surface area (Å²) < 4.78 is 5.26. The van der Waals surface area contributed by atoms with Gasteiger partial charge in [-0.2, -0.15) is 0 Å². The van der Waals surface area contributed by atoms with Gasteiger partial charge in [0.2, 0.25) is 0 Å². The zero-order valence-electron chi connectivity index (χ0n) is 13.2. The molecule has 0 bridgehead atoms. The maximum Gasteiger partial charge on any atom is 0.407 e. The summed E-state index contributed by atoms with van der Waals surface area (Å²) in [6.07, 6.45) is 8.78. The Bertz CT molecular complexity index is 313. The molecule has 4 nitrogen and oxygen atoms in total. The van der Waals surface area contributed by atoms with Gasteiger partial charge >= 0.3 is 6.09 Å². The lowest BCUT2D eigenvalue weighted by atomic mass is 9.85. The lowest BCUT2D eigenvalue weighted by Crippen LogP contribution is -2.53. The number of amides is 1. The van der Waals surface area contributed by atoms with Crippen molar-refractivity contribution in [1.29, 1.82) is 0 Å². The zero-order chi connectivity index (χ0) is 14.6. The van der Waals surface area contributed by atoms with Crippen LogP contribution in [0.25, 0.3) is 0 Å². The SMILES string of the molecule is CC(C)(C)OC(=O)NC1CC(NCC2CCCCC2)C1. The molecule has 0 aromatic heterocycles. The van der Waals surface area contributed by atoms with Crippen LogP contribution in [-0.2, 0) is 4.74 Å². The maximum atomic E-state index is 11.6. The first-order valence-corrected chi connectivity index (χ1v) is 8.15. The van der Waals surface area contributed by atoms with Crippen LogP contribution in [0.2, 0.25) is 0 Å². The largest absolute Gasteiger partial charge is 0.444 e. The minimum absolute atomic E-state index is 0.284. The summed E-state index contributed by atoms with van der Waals surface area (Å²) in [5, 5.41) is 6.59. The van der Waals surface area contributed by atoms with Gasteiger partial charge in [-0.25, -0.2) is 4.79 Å². The molecule has 2 aliphatic rings. The molecule has 2 saturated carbocycles. The molecule has 0 unspecified atom stereocenters. The van der Waals surface area contributed by atoms with Crippen LogP contribution in [0.4, 0.5) is 4.79 Å². The van der Waals surface area contributed by atoms with Crippen molar-refractivity contribution in [2.24, 2.45) is 5.92 Å². The molecule has 0 aliphatic heterocycles. The van der Waals surface area contributed by atoms with Crippen LogP contribution < -0.4 is 10.6 Å². The van der Waals surface area contributed by atoms with Crippen molar-refractivity contribution in [1.82, 2.24) is 10.6 Å². The van der Waals surface area contributed by atoms with Gasteiger partial charge in [0.25, 0.3) is 0 Å². The Morgan fingerprint density at radius 3 is 2.35 bits per heavy atom. The van der Waals surface area contributed by atoms with E-state index in [1.165, 1.54) is 32.1 Å². The van der Waals surface area contributed by atoms with Crippen LogP contribution in [0.3, 0.4) is 0 Å². The Hall–Kier alpha value is -0.770. The first-order chi connectivity index (χ1) is 9.42. The molecule has 0 radical (unpaired) electrons. The van der Waals surface area contributed by atoms with Crippen LogP contribution in [0, 0.1) is 5.92 Å². The topological polar surface area (TPSA) is 50.4 Å². The van der Waals surface area contributed by atoms with Crippen LogP contribution >= 0.6 is 0 Å². The van der Waals surface area contributed by atoms with Crippen molar-refractivity contribution in [3.05, 3.63) is 0 Å². The van der Waals surface area contributed by atoms with E-state index >= 15 is 0 Å². The van der Waals surface area contributed by atoms with Crippen molar-refractivity contribution in [2.75, 3.05) is 6.54 Å². The highest BCUT2D eigenvalue weighted by molar-refractivity contribution is 5.68. The van der Waals surface area contributed by atoms with E-state index in [1.807, 2.05) is 20.8 Å². The van der Waals surface area contributed by atoms with Gasteiger partial charge in [-0.15, -0.1) is 0 Å². The molecule has 1 amide bonds. The lowest BCUT2D eigenvalue weighted by Gasteiger charge is -2.38. The average Bonchev–Trinajstić information content (AvgIpc) is 2.31. The monoisotopic (exact) mass is 282 g/mol. The highest BCUT2D eigenvalue weighted by Gasteiger charge is 2.31. The van der Waals surface area contributed by atoms with Crippen molar-refractivity contribution < 1.29 is 9.53 Å². The molecule has 116 valence electrons. The second-order valence-corrected chi connectivity index (χ2v) is 7.42. The van der Waals surface area contributed by atoms with Gasteiger partial charge in [0, 0.05) is 12.1 Å². The number of hydrogen-bond donors (Lipinski definition) is 2. The minimum atomic E-state index is -0.410. The van der Waals surface area contributed by atoms with E-state index < -0.39 is 5.60 Å². The number of carbonyl (C=O) groups is 1. The highest BCUT2D eigenvalue weighted by Crippen LogP contribution is 2.25. The van der Waals surface area contributed by atoms with E-state index in [4.69, 9.17) is 4.74 Å². The fourth-order valence-electron chi connectivity index (χ4n) is 3.10. The fraction of sp³-hybridized carbons (Fsp3) is 0.938. The van der Waals surface area contributed by atoms with Crippen molar-refractivity contribution >= 4 is 6.09 Å². The predicted octanol–water partition coefficient (Wildman–Crippen LogP) is 3.21. The fourth-order valence-corrected chi connectivity index (χ4v) is 3.10. The van der Waals surface area contributed by atoms with Crippen LogP contribution in [0.15, 0.2) is 0 Å². The van der Waals surface area contributed by atoms with Gasteiger partial charge < -0.3 is 15.4 Å². The molecule has 0 aromatic carbocycles. The summed E-state index contributed by atoms with van der Waals surface area (Å²) in [5.74, 6) is 0.876. The summed E-state index contributed by atoms with van der Waals surface area (Å²) in [6.45, 7) is 6.83.